The number of fused-ring (bicyclic) bond motifs is 7. The second-order valence-electron chi connectivity index (χ2n) is 14.0. The number of hydrogen-bond acceptors (Lipinski definition) is 4. The van der Waals surface area contributed by atoms with Crippen LogP contribution in [0.25, 0.3) is 81.6 Å². The Balaban J connectivity index is 1.26. The van der Waals surface area contributed by atoms with E-state index in [9.17, 15) is 0 Å². The standard InChI is InChI=1S/C51H36N4S/c1-34(49-52-50(37-22-10-4-11-23-37)54-51(53-49)38-24-12-5-13-25-38)32-43(36-20-8-3-9-21-36)45(33-35-18-6-2-7-19-35)55-44-28-16-14-26-39(44)41-30-31-42-40-27-15-17-29-46(40)56-48(42)47(41)55/h3-6,8-33H,1-2,7H2/b43-32-,45-33-. The van der Waals surface area contributed by atoms with E-state index in [0.29, 0.717) is 23.0 Å². The Labute approximate surface area is 329 Å². The predicted octanol–water partition coefficient (Wildman–Crippen LogP) is 13.6. The monoisotopic (exact) mass is 736 g/mol. The van der Waals surface area contributed by atoms with E-state index in [1.54, 1.807) is 0 Å². The Hall–Kier alpha value is -6.95. The number of rotatable bonds is 8. The second kappa shape index (κ2) is 14.4. The van der Waals surface area contributed by atoms with Gasteiger partial charge in [0.05, 0.1) is 21.4 Å². The van der Waals surface area contributed by atoms with E-state index in [1.165, 1.54) is 42.0 Å². The molecular formula is C51H36N4S. The Morgan fingerprint density at radius 3 is 1.93 bits per heavy atom. The number of benzene rings is 6. The largest absolute Gasteiger partial charge is 0.307 e. The first-order valence-corrected chi connectivity index (χ1v) is 19.8. The molecule has 0 spiro atoms. The topological polar surface area (TPSA) is 43.6 Å². The van der Waals surface area contributed by atoms with Gasteiger partial charge in [0.25, 0.3) is 0 Å². The summed E-state index contributed by atoms with van der Waals surface area (Å²) in [6, 6.07) is 52.9. The lowest BCUT2D eigenvalue weighted by molar-refractivity contribution is 1.02. The van der Waals surface area contributed by atoms with Crippen molar-refractivity contribution in [3.05, 3.63) is 206 Å². The predicted molar refractivity (Wildman–Crippen MR) is 237 cm³/mol. The maximum absolute atomic E-state index is 5.07. The van der Waals surface area contributed by atoms with Crippen LogP contribution in [0.4, 0.5) is 0 Å². The van der Waals surface area contributed by atoms with Gasteiger partial charge in [-0.25, -0.2) is 15.0 Å². The zero-order chi connectivity index (χ0) is 37.4. The Morgan fingerprint density at radius 2 is 1.23 bits per heavy atom. The fourth-order valence-electron chi connectivity index (χ4n) is 7.76. The summed E-state index contributed by atoms with van der Waals surface area (Å²) in [5, 5.41) is 4.98. The van der Waals surface area contributed by atoms with Crippen molar-refractivity contribution in [1.29, 1.82) is 0 Å². The molecule has 6 aromatic carbocycles. The third kappa shape index (κ3) is 6.08. The molecule has 0 saturated carbocycles. The molecule has 56 heavy (non-hydrogen) atoms. The average Bonchev–Trinajstić information content (AvgIpc) is 3.82. The minimum absolute atomic E-state index is 0.524. The van der Waals surface area contributed by atoms with Gasteiger partial charge in [0, 0.05) is 48.5 Å². The van der Waals surface area contributed by atoms with Crippen molar-refractivity contribution < 1.29 is 0 Å². The molecule has 1 aliphatic carbocycles. The Bertz CT molecular complexity index is 3010. The van der Waals surface area contributed by atoms with Crippen molar-refractivity contribution in [1.82, 2.24) is 19.5 Å². The van der Waals surface area contributed by atoms with Crippen LogP contribution in [0.2, 0.25) is 0 Å². The van der Waals surface area contributed by atoms with E-state index in [0.717, 1.165) is 46.3 Å². The van der Waals surface area contributed by atoms with Gasteiger partial charge in [-0.05, 0) is 48.3 Å². The first-order chi connectivity index (χ1) is 27.7. The minimum Gasteiger partial charge on any atom is -0.307 e. The Kier molecular flexibility index (Phi) is 8.62. The van der Waals surface area contributed by atoms with Crippen LogP contribution in [0.1, 0.15) is 24.2 Å². The van der Waals surface area contributed by atoms with Crippen molar-refractivity contribution in [2.24, 2.45) is 0 Å². The van der Waals surface area contributed by atoms with Crippen LogP contribution < -0.4 is 0 Å². The van der Waals surface area contributed by atoms with E-state index in [1.807, 2.05) is 72.0 Å². The summed E-state index contributed by atoms with van der Waals surface area (Å²) in [7, 11) is 0. The molecule has 0 radical (unpaired) electrons. The van der Waals surface area contributed by atoms with Crippen LogP contribution in [0.15, 0.2) is 194 Å². The molecule has 0 atom stereocenters. The molecule has 0 amide bonds. The first kappa shape index (κ1) is 33.6. The lowest BCUT2D eigenvalue weighted by Crippen LogP contribution is -2.04. The van der Waals surface area contributed by atoms with Crippen molar-refractivity contribution in [3.8, 4) is 22.8 Å². The minimum atomic E-state index is 0.524. The summed E-state index contributed by atoms with van der Waals surface area (Å²) in [4.78, 5) is 15.1. The highest BCUT2D eigenvalue weighted by Gasteiger charge is 2.23. The number of aromatic nitrogens is 4. The van der Waals surface area contributed by atoms with Gasteiger partial charge in [-0.15, -0.1) is 11.3 Å². The summed E-state index contributed by atoms with van der Waals surface area (Å²) in [5.41, 5.74) is 9.16. The van der Waals surface area contributed by atoms with Gasteiger partial charge >= 0.3 is 0 Å². The number of hydrogen-bond donors (Lipinski definition) is 0. The van der Waals surface area contributed by atoms with Gasteiger partial charge in [0.1, 0.15) is 0 Å². The van der Waals surface area contributed by atoms with Gasteiger partial charge in [-0.1, -0.05) is 164 Å². The molecule has 4 nitrogen and oxygen atoms in total. The number of allylic oxidation sites excluding steroid dienone is 9. The fraction of sp³-hybridized carbons (Fsp3) is 0.0392. The quantitative estimate of drug-likeness (QED) is 0.146. The zero-order valence-corrected chi connectivity index (χ0v) is 31.5. The highest BCUT2D eigenvalue weighted by Crippen LogP contribution is 2.45. The van der Waals surface area contributed by atoms with E-state index >= 15 is 0 Å². The molecule has 0 fully saturated rings. The summed E-state index contributed by atoms with van der Waals surface area (Å²) >= 11 is 1.86. The van der Waals surface area contributed by atoms with Gasteiger partial charge in [0.2, 0.25) is 0 Å². The van der Waals surface area contributed by atoms with Crippen LogP contribution in [0.5, 0.6) is 0 Å². The summed E-state index contributed by atoms with van der Waals surface area (Å²) in [5.74, 6) is 1.73. The number of nitrogens with zero attached hydrogens (tertiary/aromatic N) is 4. The van der Waals surface area contributed by atoms with Crippen molar-refractivity contribution in [3.63, 3.8) is 0 Å². The van der Waals surface area contributed by atoms with Crippen LogP contribution >= 0.6 is 11.3 Å². The van der Waals surface area contributed by atoms with Crippen LogP contribution in [0, 0.1) is 0 Å². The molecular weight excluding hydrogens is 701 g/mol. The van der Waals surface area contributed by atoms with E-state index in [4.69, 9.17) is 15.0 Å². The molecule has 5 heteroatoms. The molecule has 10 rings (SSSR count). The summed E-state index contributed by atoms with van der Waals surface area (Å²) in [6.45, 7) is 4.68. The third-order valence-corrected chi connectivity index (χ3v) is 11.6. The average molecular weight is 737 g/mol. The molecule has 0 N–H and O–H groups in total. The molecule has 0 unspecified atom stereocenters. The van der Waals surface area contributed by atoms with Gasteiger partial charge in [-0.2, -0.15) is 0 Å². The maximum Gasteiger partial charge on any atom is 0.164 e. The van der Waals surface area contributed by atoms with Crippen molar-refractivity contribution in [2.45, 2.75) is 12.8 Å². The first-order valence-electron chi connectivity index (χ1n) is 19.0. The maximum atomic E-state index is 5.07. The smallest absolute Gasteiger partial charge is 0.164 e. The molecule has 3 heterocycles. The van der Waals surface area contributed by atoms with Crippen LogP contribution in [-0.2, 0) is 0 Å². The third-order valence-electron chi connectivity index (χ3n) is 10.4. The van der Waals surface area contributed by atoms with Gasteiger partial charge in [0.15, 0.2) is 17.5 Å². The van der Waals surface area contributed by atoms with Crippen molar-refractivity contribution >= 4 is 70.2 Å². The van der Waals surface area contributed by atoms with E-state index in [2.05, 4.69) is 133 Å². The second-order valence-corrected chi connectivity index (χ2v) is 15.0. The molecule has 266 valence electrons. The molecule has 3 aromatic heterocycles. The molecule has 9 aromatic rings. The highest BCUT2D eigenvalue weighted by atomic mass is 32.1. The lowest BCUT2D eigenvalue weighted by Gasteiger charge is -2.19. The van der Waals surface area contributed by atoms with Crippen molar-refractivity contribution in [2.75, 3.05) is 0 Å². The zero-order valence-electron chi connectivity index (χ0n) is 30.6. The molecule has 0 saturated heterocycles. The number of thiophene rings is 1. The molecule has 0 aliphatic heterocycles. The van der Waals surface area contributed by atoms with Gasteiger partial charge in [-0.3, -0.25) is 0 Å². The SMILES string of the molecule is C=C(/C=C(\C(=C\C1=CCCC=C1)n1c2ccccc2c2ccc3c4ccccc4sc3c21)c1ccccc1)c1nc(-c2ccccc2)nc(-c2ccccc2)n1. The normalized spacial score (nSPS) is 13.5. The lowest BCUT2D eigenvalue weighted by atomic mass is 9.96. The number of para-hydroxylation sites is 1. The Morgan fingerprint density at radius 1 is 0.607 bits per heavy atom. The summed E-state index contributed by atoms with van der Waals surface area (Å²) < 4.78 is 5.03. The van der Waals surface area contributed by atoms with E-state index in [-0.39, 0.29) is 0 Å². The highest BCUT2D eigenvalue weighted by molar-refractivity contribution is 7.26. The summed E-state index contributed by atoms with van der Waals surface area (Å²) in [6.07, 6.45) is 13.4. The van der Waals surface area contributed by atoms with Crippen LogP contribution in [-0.4, -0.2) is 19.5 Å². The van der Waals surface area contributed by atoms with E-state index < -0.39 is 0 Å². The molecule has 1 aliphatic rings. The fourth-order valence-corrected chi connectivity index (χ4v) is 9.00. The van der Waals surface area contributed by atoms with Gasteiger partial charge < -0.3 is 4.57 Å². The van der Waals surface area contributed by atoms with Crippen LogP contribution in [0.3, 0.4) is 0 Å². The molecule has 0 bridgehead atoms.